The summed E-state index contributed by atoms with van der Waals surface area (Å²) in [5, 5.41) is 20.4. The summed E-state index contributed by atoms with van der Waals surface area (Å²) in [5.41, 5.74) is -1.95. The van der Waals surface area contributed by atoms with Crippen molar-refractivity contribution in [2.24, 2.45) is 0 Å². The summed E-state index contributed by atoms with van der Waals surface area (Å²) in [7, 11) is 5.21. The van der Waals surface area contributed by atoms with Crippen molar-refractivity contribution in [2.45, 2.75) is 12.0 Å². The molecule has 0 aromatic carbocycles. The zero-order valence-electron chi connectivity index (χ0n) is 9.12. The first-order chi connectivity index (χ1) is 6.60. The first-order valence-corrected chi connectivity index (χ1v) is 4.96. The second-order valence-corrected chi connectivity index (χ2v) is 4.85. The summed E-state index contributed by atoms with van der Waals surface area (Å²) in [4.78, 5) is 21.8. The third kappa shape index (κ3) is 5.11. The van der Waals surface area contributed by atoms with E-state index in [0.29, 0.717) is 0 Å². The number of nitrogens with zero attached hydrogens (tertiary/aromatic N) is 1. The molecule has 0 aliphatic rings. The van der Waals surface area contributed by atoms with Crippen LogP contribution in [0.25, 0.3) is 0 Å². The predicted octanol–water partition coefficient (Wildman–Crippen LogP) is -1.63. The Morgan fingerprint density at radius 1 is 1.40 bits per heavy atom. The predicted molar refractivity (Wildman–Crippen MR) is 53.2 cm³/mol. The summed E-state index contributed by atoms with van der Waals surface area (Å²) in [6, 6.07) is 0. The van der Waals surface area contributed by atoms with Crippen LogP contribution in [0.2, 0.25) is 0 Å². The van der Waals surface area contributed by atoms with E-state index in [-0.39, 0.29) is 11.0 Å². The molecule has 0 amide bonds. The van der Waals surface area contributed by atoms with Gasteiger partial charge in [-0.15, -0.1) is 11.6 Å². The molecule has 0 fully saturated rings. The average Bonchev–Trinajstić information content (AvgIpc) is 1.97. The Labute approximate surface area is 93.8 Å². The molecule has 0 aromatic rings. The molecule has 15 heavy (non-hydrogen) atoms. The molecule has 0 heterocycles. The summed E-state index contributed by atoms with van der Waals surface area (Å²) in [5.74, 6) is -2.57. The van der Waals surface area contributed by atoms with Gasteiger partial charge in [-0.3, -0.25) is 4.79 Å². The van der Waals surface area contributed by atoms with Crippen LogP contribution >= 0.6 is 11.6 Å². The zero-order chi connectivity index (χ0) is 12.3. The van der Waals surface area contributed by atoms with Crippen LogP contribution in [0.15, 0.2) is 0 Å². The van der Waals surface area contributed by atoms with Crippen LogP contribution in [0.1, 0.15) is 6.42 Å². The van der Waals surface area contributed by atoms with E-state index in [0.717, 1.165) is 0 Å². The molecule has 1 N–H and O–H groups in total. The van der Waals surface area contributed by atoms with E-state index >= 15 is 0 Å². The zero-order valence-corrected chi connectivity index (χ0v) is 9.87. The van der Waals surface area contributed by atoms with Gasteiger partial charge in [-0.25, -0.2) is 0 Å². The summed E-state index contributed by atoms with van der Waals surface area (Å²) >= 11 is 5.32. The number of hydrogen-bond acceptors (Lipinski definition) is 4. The van der Waals surface area contributed by atoms with Crippen LogP contribution in [-0.4, -0.2) is 60.5 Å². The van der Waals surface area contributed by atoms with Crippen molar-refractivity contribution in [1.29, 1.82) is 0 Å². The van der Waals surface area contributed by atoms with E-state index in [1.54, 1.807) is 21.1 Å². The monoisotopic (exact) mass is 237 g/mol. The maximum absolute atomic E-state index is 11.4. The van der Waals surface area contributed by atoms with Crippen molar-refractivity contribution in [3.8, 4) is 0 Å². The van der Waals surface area contributed by atoms with E-state index < -0.39 is 29.7 Å². The maximum Gasteiger partial charge on any atom is 0.185 e. The third-order valence-electron chi connectivity index (χ3n) is 1.81. The summed E-state index contributed by atoms with van der Waals surface area (Å²) in [6.07, 6.45) is -0.728. The topological polar surface area (TPSA) is 77.4 Å². The van der Waals surface area contributed by atoms with Gasteiger partial charge in [0, 0.05) is 12.4 Å². The van der Waals surface area contributed by atoms with Gasteiger partial charge in [0.15, 0.2) is 11.4 Å². The van der Waals surface area contributed by atoms with Gasteiger partial charge in [0.2, 0.25) is 0 Å². The van der Waals surface area contributed by atoms with E-state index in [4.69, 9.17) is 11.6 Å². The van der Waals surface area contributed by atoms with E-state index in [1.807, 2.05) is 0 Å². The lowest BCUT2D eigenvalue weighted by Crippen LogP contribution is -2.56. The lowest BCUT2D eigenvalue weighted by molar-refractivity contribution is -0.875. The van der Waals surface area contributed by atoms with E-state index in [1.165, 1.54) is 0 Å². The smallest absolute Gasteiger partial charge is 0.185 e. The highest BCUT2D eigenvalue weighted by molar-refractivity contribution is 6.29. The molecule has 0 radical (unpaired) electrons. The van der Waals surface area contributed by atoms with Crippen LogP contribution in [0.5, 0.6) is 0 Å². The van der Waals surface area contributed by atoms with Crippen LogP contribution in [0.3, 0.4) is 0 Å². The Kier molecular flexibility index (Phi) is 4.70. The minimum Gasteiger partial charge on any atom is -0.550 e. The average molecular weight is 238 g/mol. The first kappa shape index (κ1) is 14.3. The normalized spacial score (nSPS) is 15.8. The number of carbonyl (C=O) groups excluding carboxylic acids is 2. The second kappa shape index (κ2) is 4.92. The van der Waals surface area contributed by atoms with Crippen molar-refractivity contribution >= 4 is 23.4 Å². The molecule has 0 aromatic heterocycles. The molecule has 6 heteroatoms. The number of quaternary nitrogens is 1. The lowest BCUT2D eigenvalue weighted by Gasteiger charge is -2.34. The molecule has 0 rings (SSSR count). The Morgan fingerprint density at radius 2 is 1.87 bits per heavy atom. The van der Waals surface area contributed by atoms with Crippen LogP contribution in [-0.2, 0) is 9.59 Å². The Hall–Kier alpha value is -0.650. The molecule has 1 atom stereocenters. The molecule has 0 aliphatic carbocycles. The number of carbonyl (C=O) groups is 2. The van der Waals surface area contributed by atoms with Gasteiger partial charge in [-0.1, -0.05) is 0 Å². The SMILES string of the molecule is C[N+](C)(C)CC(O)(CC(=O)[O-])C(=O)CCl. The number of halogens is 1. The number of ketones is 1. The maximum atomic E-state index is 11.4. The Morgan fingerprint density at radius 3 is 2.13 bits per heavy atom. The molecule has 0 saturated carbocycles. The number of alkyl halides is 1. The molecular formula is C9H16ClNO4. The number of aliphatic hydroxyl groups is 1. The van der Waals surface area contributed by atoms with Gasteiger partial charge in [0.1, 0.15) is 6.54 Å². The number of hydrogen-bond donors (Lipinski definition) is 1. The van der Waals surface area contributed by atoms with Gasteiger partial charge in [0.05, 0.1) is 27.0 Å². The fraction of sp³-hybridized carbons (Fsp3) is 0.778. The Balaban J connectivity index is 4.86. The summed E-state index contributed by atoms with van der Waals surface area (Å²) in [6.45, 7) is -0.0213. The second-order valence-electron chi connectivity index (χ2n) is 4.59. The molecule has 1 unspecified atom stereocenters. The fourth-order valence-corrected chi connectivity index (χ4v) is 1.64. The highest BCUT2D eigenvalue weighted by atomic mass is 35.5. The number of carboxylic acids is 1. The molecule has 0 bridgehead atoms. The number of aliphatic carboxylic acids is 1. The molecular weight excluding hydrogens is 222 g/mol. The van der Waals surface area contributed by atoms with Crippen molar-refractivity contribution < 1.29 is 24.3 Å². The molecule has 0 spiro atoms. The van der Waals surface area contributed by atoms with Gasteiger partial charge >= 0.3 is 0 Å². The summed E-state index contributed by atoms with van der Waals surface area (Å²) < 4.78 is 0.256. The van der Waals surface area contributed by atoms with Gasteiger partial charge < -0.3 is 19.5 Å². The van der Waals surface area contributed by atoms with E-state index in [2.05, 4.69) is 0 Å². The number of Topliss-reactive ketones (excluding diaryl/α,β-unsaturated/α-hetero) is 1. The molecule has 88 valence electrons. The number of carboxylic acid groups (broad SMARTS) is 1. The van der Waals surface area contributed by atoms with Crippen molar-refractivity contribution in [1.82, 2.24) is 0 Å². The quantitative estimate of drug-likeness (QED) is 0.445. The van der Waals surface area contributed by atoms with Gasteiger partial charge in [-0.05, 0) is 0 Å². The number of likely N-dealkylation sites (N-methyl/N-ethyl adjacent to an activating group) is 1. The highest BCUT2D eigenvalue weighted by Gasteiger charge is 2.40. The third-order valence-corrected chi connectivity index (χ3v) is 2.06. The van der Waals surface area contributed by atoms with Gasteiger partial charge in [-0.2, -0.15) is 0 Å². The lowest BCUT2D eigenvalue weighted by atomic mass is 9.94. The van der Waals surface area contributed by atoms with E-state index in [9.17, 15) is 19.8 Å². The minimum absolute atomic E-state index is 0.0213. The first-order valence-electron chi connectivity index (χ1n) is 4.43. The van der Waals surface area contributed by atoms with Gasteiger partial charge in [0.25, 0.3) is 0 Å². The number of rotatable bonds is 6. The fourth-order valence-electron chi connectivity index (χ4n) is 1.39. The van der Waals surface area contributed by atoms with Crippen molar-refractivity contribution in [3.63, 3.8) is 0 Å². The van der Waals surface area contributed by atoms with Crippen LogP contribution < -0.4 is 5.11 Å². The minimum atomic E-state index is -1.95. The van der Waals surface area contributed by atoms with Crippen molar-refractivity contribution in [3.05, 3.63) is 0 Å². The van der Waals surface area contributed by atoms with Crippen LogP contribution in [0.4, 0.5) is 0 Å². The largest absolute Gasteiger partial charge is 0.550 e. The molecule has 0 aliphatic heterocycles. The van der Waals surface area contributed by atoms with Crippen molar-refractivity contribution in [2.75, 3.05) is 33.6 Å². The molecule has 0 saturated heterocycles. The Bertz CT molecular complexity index is 261. The highest BCUT2D eigenvalue weighted by Crippen LogP contribution is 2.16. The van der Waals surface area contributed by atoms with Crippen LogP contribution in [0, 0.1) is 0 Å². The standard InChI is InChI=1S/C9H16ClNO4/c1-11(2,3)6-9(15,4-8(13)14)7(12)5-10/h15H,4-6H2,1-3H3. The molecule has 5 nitrogen and oxygen atoms in total.